The monoisotopic (exact) mass is 154 g/mol. The van der Waals surface area contributed by atoms with E-state index in [1.807, 2.05) is 32.1 Å². The van der Waals surface area contributed by atoms with Gasteiger partial charge in [0.05, 0.1) is 5.03 Å². The highest BCUT2D eigenvalue weighted by atomic mass is 35.5. The predicted molar refractivity (Wildman–Crippen MR) is 47.1 cm³/mol. The van der Waals surface area contributed by atoms with Gasteiger partial charge in [-0.05, 0) is 25.5 Å². The van der Waals surface area contributed by atoms with E-state index in [0.717, 1.165) is 5.57 Å². The van der Waals surface area contributed by atoms with Crippen LogP contribution in [-0.2, 0) is 0 Å². The van der Waals surface area contributed by atoms with E-state index in [1.165, 1.54) is 0 Å². The molecule has 0 atom stereocenters. The first-order valence-electron chi connectivity index (χ1n) is 3.07. The van der Waals surface area contributed by atoms with Crippen molar-refractivity contribution in [3.63, 3.8) is 0 Å². The van der Waals surface area contributed by atoms with E-state index < -0.39 is 0 Å². The van der Waals surface area contributed by atoms with Crippen LogP contribution in [0.3, 0.4) is 0 Å². The first kappa shape index (κ1) is 9.29. The third kappa shape index (κ3) is 4.20. The van der Waals surface area contributed by atoms with Gasteiger partial charge in [0.2, 0.25) is 0 Å². The summed E-state index contributed by atoms with van der Waals surface area (Å²) in [5, 5.41) is 0.551. The molecule has 0 aliphatic carbocycles. The van der Waals surface area contributed by atoms with Gasteiger partial charge in [-0.2, -0.15) is 0 Å². The van der Waals surface area contributed by atoms with Gasteiger partial charge in [0.25, 0.3) is 0 Å². The largest absolute Gasteiger partial charge is 0.108 e. The molecule has 54 valence electrons. The summed E-state index contributed by atoms with van der Waals surface area (Å²) < 4.78 is 0. The fraction of sp³-hybridized carbons (Fsp3) is 0.222. The Bertz CT molecular complexity index is 203. The highest BCUT2D eigenvalue weighted by Gasteiger charge is 1.82. The molecule has 1 heteroatoms. The zero-order chi connectivity index (χ0) is 7.98. The Morgan fingerprint density at radius 1 is 1.60 bits per heavy atom. The first-order valence-corrected chi connectivity index (χ1v) is 3.45. The lowest BCUT2D eigenvalue weighted by Crippen LogP contribution is -1.66. The third-order valence-corrected chi connectivity index (χ3v) is 1.20. The molecule has 0 amide bonds. The molecular weight excluding hydrogens is 144 g/mol. The standard InChI is InChI=1S/C9H11Cl/c1-4-6-8(3)7-9(10)5-2/h4,6-7H,2H2,1,3H3/b6-4-,8-7-. The van der Waals surface area contributed by atoms with Crippen LogP contribution < -0.4 is 0 Å². The van der Waals surface area contributed by atoms with Crippen LogP contribution in [-0.4, -0.2) is 0 Å². The highest BCUT2D eigenvalue weighted by Crippen LogP contribution is 2.05. The smallest absolute Gasteiger partial charge is 0.0821 e. The quantitative estimate of drug-likeness (QED) is 0.423. The lowest BCUT2D eigenvalue weighted by molar-refractivity contribution is 1.50. The molecule has 0 fully saturated rings. The Balaban J connectivity index is 4.31. The number of hydrogen-bond donors (Lipinski definition) is 0. The van der Waals surface area contributed by atoms with Crippen LogP contribution in [0.2, 0.25) is 0 Å². The van der Waals surface area contributed by atoms with Crippen LogP contribution in [0.25, 0.3) is 0 Å². The second kappa shape index (κ2) is 5.10. The Morgan fingerprint density at radius 3 is 2.60 bits per heavy atom. The molecule has 0 aromatic heterocycles. The van der Waals surface area contributed by atoms with Gasteiger partial charge < -0.3 is 0 Å². The number of halogens is 1. The molecule has 0 bridgehead atoms. The van der Waals surface area contributed by atoms with E-state index in [0.29, 0.717) is 5.03 Å². The van der Waals surface area contributed by atoms with Gasteiger partial charge in [-0.15, -0.1) is 5.73 Å². The van der Waals surface area contributed by atoms with Gasteiger partial charge >= 0.3 is 0 Å². The molecule has 0 saturated carbocycles. The summed E-state index contributed by atoms with van der Waals surface area (Å²) in [4.78, 5) is 0. The van der Waals surface area contributed by atoms with Crippen LogP contribution >= 0.6 is 11.6 Å². The van der Waals surface area contributed by atoms with Crippen molar-refractivity contribution in [3.8, 4) is 0 Å². The van der Waals surface area contributed by atoms with E-state index in [4.69, 9.17) is 11.6 Å². The van der Waals surface area contributed by atoms with Crippen molar-refractivity contribution < 1.29 is 0 Å². The van der Waals surface area contributed by atoms with Crippen molar-refractivity contribution in [2.24, 2.45) is 0 Å². The number of rotatable bonds is 2. The van der Waals surface area contributed by atoms with E-state index in [-0.39, 0.29) is 0 Å². The average Bonchev–Trinajstić information content (AvgIpc) is 1.88. The maximum Gasteiger partial charge on any atom is 0.0821 e. The van der Waals surface area contributed by atoms with Crippen LogP contribution in [0.5, 0.6) is 0 Å². The van der Waals surface area contributed by atoms with Crippen molar-refractivity contribution in [3.05, 3.63) is 41.1 Å². The maximum absolute atomic E-state index is 5.63. The van der Waals surface area contributed by atoms with Gasteiger partial charge in [0.15, 0.2) is 0 Å². The Kier molecular flexibility index (Phi) is 4.74. The van der Waals surface area contributed by atoms with Crippen LogP contribution in [0, 0.1) is 0 Å². The second-order valence-electron chi connectivity index (χ2n) is 1.91. The number of allylic oxidation sites excluding steroid dienone is 5. The summed E-state index contributed by atoms with van der Waals surface area (Å²) in [7, 11) is 0. The predicted octanol–water partition coefficient (Wildman–Crippen LogP) is 3.42. The fourth-order valence-corrected chi connectivity index (χ4v) is 0.734. The maximum atomic E-state index is 5.63. The zero-order valence-electron chi connectivity index (χ0n) is 6.32. The van der Waals surface area contributed by atoms with Crippen molar-refractivity contribution in [1.82, 2.24) is 0 Å². The molecule has 10 heavy (non-hydrogen) atoms. The lowest BCUT2D eigenvalue weighted by Gasteiger charge is -1.87. The Morgan fingerprint density at radius 2 is 2.20 bits per heavy atom. The fourth-order valence-electron chi connectivity index (χ4n) is 0.562. The molecule has 0 radical (unpaired) electrons. The Hall–Kier alpha value is -0.710. The molecule has 0 aromatic carbocycles. The number of hydrogen-bond acceptors (Lipinski definition) is 0. The summed E-state index contributed by atoms with van der Waals surface area (Å²) >= 11 is 5.63. The van der Waals surface area contributed by atoms with Gasteiger partial charge in [0.1, 0.15) is 0 Å². The van der Waals surface area contributed by atoms with E-state index in [2.05, 4.69) is 12.3 Å². The minimum atomic E-state index is 0.551. The van der Waals surface area contributed by atoms with Crippen LogP contribution in [0.1, 0.15) is 13.8 Å². The van der Waals surface area contributed by atoms with Gasteiger partial charge in [-0.25, -0.2) is 0 Å². The van der Waals surface area contributed by atoms with Crippen LogP contribution in [0.15, 0.2) is 41.1 Å². The Labute approximate surface area is 67.2 Å². The summed E-state index contributed by atoms with van der Waals surface area (Å²) in [6.07, 6.45) is 5.74. The van der Waals surface area contributed by atoms with Crippen molar-refractivity contribution in [2.45, 2.75) is 13.8 Å². The van der Waals surface area contributed by atoms with Gasteiger partial charge in [-0.3, -0.25) is 0 Å². The van der Waals surface area contributed by atoms with E-state index in [9.17, 15) is 0 Å². The molecule has 0 aliphatic rings. The van der Waals surface area contributed by atoms with Crippen LogP contribution in [0.4, 0.5) is 0 Å². The molecule has 0 N–H and O–H groups in total. The normalized spacial score (nSPS) is 11.7. The molecule has 0 aromatic rings. The molecule has 0 aliphatic heterocycles. The van der Waals surface area contributed by atoms with Gasteiger partial charge in [0, 0.05) is 0 Å². The summed E-state index contributed by atoms with van der Waals surface area (Å²) in [6.45, 7) is 7.34. The van der Waals surface area contributed by atoms with E-state index >= 15 is 0 Å². The lowest BCUT2D eigenvalue weighted by atomic mass is 10.2. The van der Waals surface area contributed by atoms with Crippen molar-refractivity contribution >= 4 is 11.6 Å². The molecule has 0 unspecified atom stereocenters. The molecule has 0 saturated heterocycles. The molecule has 0 heterocycles. The minimum absolute atomic E-state index is 0.551. The summed E-state index contributed by atoms with van der Waals surface area (Å²) in [5.41, 5.74) is 3.68. The average molecular weight is 155 g/mol. The molecule has 0 nitrogen and oxygen atoms in total. The topological polar surface area (TPSA) is 0 Å². The van der Waals surface area contributed by atoms with Gasteiger partial charge in [-0.1, -0.05) is 30.3 Å². The molecular formula is C9H11Cl. The van der Waals surface area contributed by atoms with E-state index in [1.54, 1.807) is 0 Å². The van der Waals surface area contributed by atoms with Crippen molar-refractivity contribution in [2.75, 3.05) is 0 Å². The second-order valence-corrected chi connectivity index (χ2v) is 2.32. The molecule has 0 spiro atoms. The third-order valence-electron chi connectivity index (χ3n) is 0.953. The summed E-state index contributed by atoms with van der Waals surface area (Å²) in [5.74, 6) is 0. The minimum Gasteiger partial charge on any atom is -0.108 e. The first-order chi connectivity index (χ1) is 4.70. The SMILES string of the molecule is C=C=C(Cl)/C=C(C)\C=C/C. The molecule has 0 rings (SSSR count). The van der Waals surface area contributed by atoms with Crippen molar-refractivity contribution in [1.29, 1.82) is 0 Å². The zero-order valence-corrected chi connectivity index (χ0v) is 7.07. The highest BCUT2D eigenvalue weighted by molar-refractivity contribution is 6.31. The summed E-state index contributed by atoms with van der Waals surface area (Å²) in [6, 6.07) is 0.